The highest BCUT2D eigenvalue weighted by molar-refractivity contribution is 8.19. The summed E-state index contributed by atoms with van der Waals surface area (Å²) in [6.45, 7) is -0.615. The number of unbranched alkanes of at least 4 members (excludes halogenated alkanes) is 1. The maximum absolute atomic E-state index is 13.3. The number of carboxylic acid groups (broad SMARTS) is 4. The van der Waals surface area contributed by atoms with Gasteiger partial charge in [0.15, 0.2) is 0 Å². The number of amides is 12. The zero-order valence-electron chi connectivity index (χ0n) is 64.4. The Labute approximate surface area is 696 Å². The second-order valence-corrected chi connectivity index (χ2v) is 34.0. The van der Waals surface area contributed by atoms with Crippen molar-refractivity contribution in [2.75, 3.05) is 72.0 Å². The lowest BCUT2D eigenvalue weighted by Crippen LogP contribution is -2.34. The minimum Gasteiger partial charge on any atom is -0.480 e. The number of anilines is 4. The summed E-state index contributed by atoms with van der Waals surface area (Å²) in [5.41, 5.74) is 7.45. The number of aryl methyl sites for hydroxylation is 1. The van der Waals surface area contributed by atoms with Crippen LogP contribution in [-0.2, 0) is 64.0 Å². The summed E-state index contributed by atoms with van der Waals surface area (Å²) in [5.74, 6) is -7.42. The maximum atomic E-state index is 13.3. The molecule has 5 aromatic rings. The molecule has 118 heavy (non-hydrogen) atoms. The number of hydrogen-bond donors (Lipinski definition) is 4. The molecule has 12 amide bonds. The van der Waals surface area contributed by atoms with Crippen molar-refractivity contribution in [3.05, 3.63) is 175 Å². The van der Waals surface area contributed by atoms with E-state index in [-0.39, 0.29) is 65.5 Å². The van der Waals surface area contributed by atoms with Gasteiger partial charge in [0.05, 0.1) is 64.7 Å². The Balaban J connectivity index is 0.000000136. The number of carbonyl (C=O) groups excluding carboxylic acids is 12. The first-order valence-corrected chi connectivity index (χ1v) is 42.8. The van der Waals surface area contributed by atoms with E-state index in [1.807, 2.05) is 66.7 Å². The van der Waals surface area contributed by atoms with E-state index in [0.717, 1.165) is 87.2 Å². The highest BCUT2D eigenvalue weighted by Crippen LogP contribution is 2.50. The maximum Gasteiger partial charge on any atom is 0.323 e. The minimum absolute atomic E-state index is 0.00418. The molecule has 4 saturated heterocycles. The molecule has 3 saturated carbocycles. The molecule has 0 unspecified atom stereocenters. The van der Waals surface area contributed by atoms with Crippen LogP contribution >= 0.6 is 47.0 Å². The number of nitrogens with zero attached hydrogens (tertiary/aromatic N) is 8. The molecule has 4 N–H and O–H groups in total. The van der Waals surface area contributed by atoms with E-state index in [9.17, 15) is 76.7 Å². The van der Waals surface area contributed by atoms with Gasteiger partial charge in [0.2, 0.25) is 0 Å². The van der Waals surface area contributed by atoms with Crippen molar-refractivity contribution in [1.29, 1.82) is 0 Å². The Hall–Kier alpha value is -11.2. The van der Waals surface area contributed by atoms with Crippen LogP contribution in [0.15, 0.2) is 147 Å². The first-order chi connectivity index (χ1) is 56.9. The SMILES string of the molecule is O=C(O)CN1C(=O)S/C(=C2\C(=O)N(CC3CCCCC3)c3ccccc32)C1=O.O=C(O)CN1C(=O)S/C(=C2\C(=O)N(CCC3CCCCC3)c3ccccc32)C1=O.O=C(O)CN1C(=O)S/C(=C2\C(=O)N(CCCC3CCCCC3)c3ccccc32)C1=O.O=C(O)CN1C(=O)S/C(=C2\C(=O)N(CCCCc3ccccc3)c3ccccc32)C1=O. The smallest absolute Gasteiger partial charge is 0.323 e. The zero-order chi connectivity index (χ0) is 83.6. The van der Waals surface area contributed by atoms with Crippen molar-refractivity contribution < 1.29 is 97.1 Å². The number of carboxylic acids is 4. The van der Waals surface area contributed by atoms with Gasteiger partial charge in [-0.05, 0) is 146 Å². The number of thioether (sulfide) groups is 4. The van der Waals surface area contributed by atoms with Crippen LogP contribution in [0.5, 0.6) is 0 Å². The number of rotatable bonds is 22. The molecule has 0 spiro atoms. The Morgan fingerprint density at radius 1 is 0.288 bits per heavy atom. The van der Waals surface area contributed by atoms with Gasteiger partial charge in [0, 0.05) is 48.4 Å². The first-order valence-electron chi connectivity index (χ1n) is 39.6. The average Bonchev–Trinajstić information content (AvgIpc) is 1.61. The van der Waals surface area contributed by atoms with E-state index in [1.54, 1.807) is 68.1 Å². The summed E-state index contributed by atoms with van der Waals surface area (Å²) in [6, 6.07) is 39.1. The number of fused-ring (bicyclic) bond motifs is 4. The van der Waals surface area contributed by atoms with Crippen LogP contribution in [0.3, 0.4) is 0 Å². The van der Waals surface area contributed by atoms with Crippen LogP contribution in [0.2, 0.25) is 0 Å². The van der Waals surface area contributed by atoms with Gasteiger partial charge in [-0.15, -0.1) is 0 Å². The summed E-state index contributed by atoms with van der Waals surface area (Å²) in [5, 5.41) is 33.2. The molecule has 3 aliphatic carbocycles. The van der Waals surface area contributed by atoms with Gasteiger partial charge in [0.25, 0.3) is 68.2 Å². The molecule has 614 valence electrons. The summed E-state index contributed by atoms with van der Waals surface area (Å²) in [4.78, 5) is 206. The first kappa shape index (κ1) is 84.7. The van der Waals surface area contributed by atoms with Gasteiger partial charge in [-0.1, -0.05) is 187 Å². The topological polar surface area (TPSA) is 380 Å². The van der Waals surface area contributed by atoms with Gasteiger partial charge in [0.1, 0.15) is 26.2 Å². The van der Waals surface area contributed by atoms with Crippen LogP contribution in [0.1, 0.15) is 156 Å². The fourth-order valence-electron chi connectivity index (χ4n) is 16.8. The number of benzene rings is 5. The second kappa shape index (κ2) is 38.0. The van der Waals surface area contributed by atoms with Crippen molar-refractivity contribution >= 4 is 184 Å². The van der Waals surface area contributed by atoms with Crippen LogP contribution in [0, 0.1) is 17.8 Å². The van der Waals surface area contributed by atoms with Gasteiger partial charge in [-0.2, -0.15) is 0 Å². The molecule has 5 aromatic carbocycles. The van der Waals surface area contributed by atoms with E-state index in [1.165, 1.54) is 76.2 Å². The molecule has 0 radical (unpaired) electrons. The molecule has 11 aliphatic rings. The summed E-state index contributed by atoms with van der Waals surface area (Å²) in [7, 11) is 0. The van der Waals surface area contributed by atoms with Gasteiger partial charge >= 0.3 is 23.9 Å². The second-order valence-electron chi connectivity index (χ2n) is 30.2. The molecule has 16 rings (SSSR count). The predicted molar refractivity (Wildman–Crippen MR) is 445 cm³/mol. The predicted octanol–water partition coefficient (Wildman–Crippen LogP) is 14.0. The Bertz CT molecular complexity index is 5100. The summed E-state index contributed by atoms with van der Waals surface area (Å²) >= 11 is 2.55. The monoisotopic (exact) mass is 1680 g/mol. The molecule has 8 aliphatic heterocycles. The van der Waals surface area contributed by atoms with Crippen molar-refractivity contribution in [2.24, 2.45) is 17.8 Å². The van der Waals surface area contributed by atoms with Gasteiger partial charge < -0.3 is 40.0 Å². The molecule has 0 bridgehead atoms. The van der Waals surface area contributed by atoms with Crippen molar-refractivity contribution in [2.45, 2.75) is 135 Å². The normalized spacial score (nSPS) is 21.4. The molecule has 8 heterocycles. The molecule has 28 nitrogen and oxygen atoms in total. The average molecular weight is 1680 g/mol. The lowest BCUT2D eigenvalue weighted by molar-refractivity contribution is -0.141. The van der Waals surface area contributed by atoms with Crippen LogP contribution in [0.25, 0.3) is 22.3 Å². The van der Waals surface area contributed by atoms with E-state index in [2.05, 4.69) is 12.1 Å². The fourth-order valence-corrected chi connectivity index (χ4v) is 20.5. The van der Waals surface area contributed by atoms with Gasteiger partial charge in [-0.25, -0.2) is 0 Å². The van der Waals surface area contributed by atoms with E-state index < -0.39 is 94.6 Å². The zero-order valence-corrected chi connectivity index (χ0v) is 67.7. The Morgan fingerprint density at radius 3 is 0.907 bits per heavy atom. The number of para-hydroxylation sites is 4. The van der Waals surface area contributed by atoms with Crippen molar-refractivity contribution in [3.8, 4) is 0 Å². The number of hydrogen-bond acceptors (Lipinski definition) is 20. The third-order valence-electron chi connectivity index (χ3n) is 22.5. The number of carbonyl (C=O) groups is 16. The number of imide groups is 4. The third-order valence-corrected chi connectivity index (χ3v) is 26.4. The third kappa shape index (κ3) is 18.5. The van der Waals surface area contributed by atoms with E-state index in [4.69, 9.17) is 20.4 Å². The standard InChI is InChI=1S/C23H20N2O5S.C22H24N2O5S.C21H22N2O5S.C20H20N2O5S/c26-18(27)14-25-22(29)20(31-23(25)30)19-16-11-4-5-12-17(16)24(21(19)28)13-7-6-10-15-8-2-1-3-9-15;25-17(26)13-24-21(28)19(30-22(24)29)18-15-10-4-5-11-16(15)23(20(18)27)12-6-9-14-7-2-1-3-8-14;24-16(25)12-23-20(27)18(29-21(23)28)17-14-8-4-5-9-15(14)22(19(17)26)11-10-13-6-2-1-3-7-13;23-15(24)11-22-19(26)17(28-20(22)27)16-13-8-4-5-9-14(13)21(18(16)25)10-12-6-2-1-3-7-12/h1-5,8-9,11-12H,6-7,10,13-14H2,(H,26,27);4-5,10-11,14H,1-3,6-9,12-13H2,(H,25,26);4-5,8-9,13H,1-3,6-7,10-12H2,(H,24,25);4-5,8-9,12H,1-3,6-7,10-11H2,(H,23,24)/b20-19-;19-18-;18-17-;17-16-. The molecular weight excluding hydrogens is 1590 g/mol. The van der Waals surface area contributed by atoms with Crippen LogP contribution in [-0.4, -0.2) is 184 Å². The fraction of sp³-hybridized carbons (Fsp3) is 0.372. The van der Waals surface area contributed by atoms with Crippen LogP contribution in [0.4, 0.5) is 41.9 Å². The summed E-state index contributed by atoms with van der Waals surface area (Å²) < 4.78 is 0. The van der Waals surface area contributed by atoms with E-state index in [0.29, 0.717) is 133 Å². The Morgan fingerprint density at radius 2 is 0.568 bits per heavy atom. The van der Waals surface area contributed by atoms with Crippen LogP contribution < -0.4 is 19.6 Å². The van der Waals surface area contributed by atoms with Crippen molar-refractivity contribution in [3.63, 3.8) is 0 Å². The largest absolute Gasteiger partial charge is 0.480 e. The lowest BCUT2D eigenvalue weighted by Gasteiger charge is -2.27. The molecule has 7 fully saturated rings. The quantitative estimate of drug-likeness (QED) is 0.0369. The van der Waals surface area contributed by atoms with E-state index >= 15 is 0 Å². The highest BCUT2D eigenvalue weighted by Gasteiger charge is 2.49. The highest BCUT2D eigenvalue weighted by atomic mass is 32.2. The Kier molecular flexibility index (Phi) is 27.3. The number of aliphatic carboxylic acids is 4. The van der Waals surface area contributed by atoms with Gasteiger partial charge in [-0.3, -0.25) is 96.3 Å². The molecule has 0 atom stereocenters. The minimum atomic E-state index is -1.29. The molecule has 0 aromatic heterocycles. The lowest BCUT2D eigenvalue weighted by atomic mass is 9.86. The summed E-state index contributed by atoms with van der Waals surface area (Å²) in [6.07, 6.45) is 23.7. The van der Waals surface area contributed by atoms with Crippen molar-refractivity contribution in [1.82, 2.24) is 19.6 Å². The molecule has 32 heteroatoms. The molecular formula is C86H86N8O20S4.